The van der Waals surface area contributed by atoms with Crippen LogP contribution in [0.3, 0.4) is 0 Å². The summed E-state index contributed by atoms with van der Waals surface area (Å²) in [6, 6.07) is 4.50. The summed E-state index contributed by atoms with van der Waals surface area (Å²) < 4.78 is 11.1. The molecule has 6 nitrogen and oxygen atoms in total. The molecule has 0 bridgehead atoms. The second-order valence-corrected chi connectivity index (χ2v) is 7.91. The van der Waals surface area contributed by atoms with E-state index in [-0.39, 0.29) is 12.1 Å². The van der Waals surface area contributed by atoms with E-state index in [1.165, 1.54) is 22.3 Å². The predicted molar refractivity (Wildman–Crippen MR) is 105 cm³/mol. The second kappa shape index (κ2) is 8.27. The highest BCUT2D eigenvalue weighted by Gasteiger charge is 2.41. The minimum atomic E-state index is -0.00755. The fourth-order valence-electron chi connectivity index (χ4n) is 4.59. The lowest BCUT2D eigenvalue weighted by atomic mass is 9.88. The van der Waals surface area contributed by atoms with Gasteiger partial charge in [-0.3, -0.25) is 9.80 Å². The van der Waals surface area contributed by atoms with Crippen LogP contribution in [0, 0.1) is 26.7 Å². The Balaban J connectivity index is 1.62. The summed E-state index contributed by atoms with van der Waals surface area (Å²) >= 11 is 0. The molecule has 1 aromatic rings. The Hall–Kier alpha value is -1.47. The van der Waals surface area contributed by atoms with Crippen molar-refractivity contribution in [3.05, 3.63) is 34.4 Å². The van der Waals surface area contributed by atoms with E-state index >= 15 is 0 Å². The number of hydrogen-bond donors (Lipinski definition) is 0. The maximum atomic E-state index is 6.05. The van der Waals surface area contributed by atoms with Crippen LogP contribution in [0.2, 0.25) is 0 Å². The van der Waals surface area contributed by atoms with Crippen LogP contribution in [0.4, 0.5) is 0 Å². The standard InChI is InChI=1S/C21H31N3O3/c1-15-12-16(2)19(17(3)13-15)20-18(14-23-4-8-25-9-5-23)21(27-22-20)24-6-10-26-11-7-24/h12-13,18,21H,4-11,14H2,1-3H3/t18-,21-/m0/s1. The molecule has 0 saturated carbocycles. The summed E-state index contributed by atoms with van der Waals surface area (Å²) in [5.74, 6) is 0.237. The van der Waals surface area contributed by atoms with Gasteiger partial charge in [-0.2, -0.15) is 0 Å². The van der Waals surface area contributed by atoms with Crippen molar-refractivity contribution < 1.29 is 14.3 Å². The molecule has 4 rings (SSSR count). The highest BCUT2D eigenvalue weighted by atomic mass is 16.7. The minimum Gasteiger partial charge on any atom is -0.379 e. The lowest BCUT2D eigenvalue weighted by Crippen LogP contribution is -2.51. The van der Waals surface area contributed by atoms with E-state index in [0.717, 1.165) is 64.9 Å². The molecule has 148 valence electrons. The van der Waals surface area contributed by atoms with Crippen LogP contribution in [0.5, 0.6) is 0 Å². The molecule has 0 unspecified atom stereocenters. The van der Waals surface area contributed by atoms with Crippen LogP contribution in [-0.4, -0.2) is 80.9 Å². The van der Waals surface area contributed by atoms with Gasteiger partial charge in [0.2, 0.25) is 0 Å². The van der Waals surface area contributed by atoms with Crippen LogP contribution in [0.25, 0.3) is 0 Å². The Bertz CT molecular complexity index is 671. The first-order valence-corrected chi connectivity index (χ1v) is 10.1. The maximum absolute atomic E-state index is 6.05. The minimum absolute atomic E-state index is 0.00755. The molecule has 6 heteroatoms. The summed E-state index contributed by atoms with van der Waals surface area (Å²) in [7, 11) is 0. The van der Waals surface area contributed by atoms with Crippen LogP contribution >= 0.6 is 0 Å². The van der Waals surface area contributed by atoms with Gasteiger partial charge in [-0.25, -0.2) is 0 Å². The number of ether oxygens (including phenoxy) is 2. The van der Waals surface area contributed by atoms with Crippen molar-refractivity contribution in [3.63, 3.8) is 0 Å². The molecule has 0 aromatic heterocycles. The number of nitrogens with zero attached hydrogens (tertiary/aromatic N) is 3. The molecular formula is C21H31N3O3. The average molecular weight is 373 g/mol. The quantitative estimate of drug-likeness (QED) is 0.807. The summed E-state index contributed by atoms with van der Waals surface area (Å²) in [6.07, 6.45) is -0.00755. The monoisotopic (exact) mass is 373 g/mol. The maximum Gasteiger partial charge on any atom is 0.191 e. The number of aryl methyl sites for hydroxylation is 3. The Kier molecular flexibility index (Phi) is 5.78. The van der Waals surface area contributed by atoms with Crippen LogP contribution in [0.15, 0.2) is 17.3 Å². The summed E-state index contributed by atoms with van der Waals surface area (Å²) in [5, 5.41) is 4.64. The molecule has 3 aliphatic rings. The molecule has 0 radical (unpaired) electrons. The fourth-order valence-corrected chi connectivity index (χ4v) is 4.59. The van der Waals surface area contributed by atoms with Gasteiger partial charge in [0.1, 0.15) is 0 Å². The number of morpholine rings is 2. The first-order valence-electron chi connectivity index (χ1n) is 10.1. The third-order valence-electron chi connectivity index (χ3n) is 5.85. The predicted octanol–water partition coefficient (Wildman–Crippen LogP) is 1.95. The zero-order chi connectivity index (χ0) is 18.8. The van der Waals surface area contributed by atoms with E-state index < -0.39 is 0 Å². The first-order chi connectivity index (χ1) is 13.1. The molecular weight excluding hydrogens is 342 g/mol. The molecule has 2 saturated heterocycles. The summed E-state index contributed by atoms with van der Waals surface area (Å²) in [6.45, 7) is 14.4. The Morgan fingerprint density at radius 1 is 0.926 bits per heavy atom. The SMILES string of the molecule is Cc1cc(C)c(C2=NO[C@H](N3CCOCC3)[C@H]2CN2CCOCC2)c(C)c1. The molecule has 3 heterocycles. The Labute approximate surface area is 162 Å². The zero-order valence-corrected chi connectivity index (χ0v) is 16.7. The normalized spacial score (nSPS) is 27.4. The van der Waals surface area contributed by atoms with Gasteiger partial charge >= 0.3 is 0 Å². The second-order valence-electron chi connectivity index (χ2n) is 7.91. The molecule has 0 N–H and O–H groups in total. The largest absolute Gasteiger partial charge is 0.379 e. The highest BCUT2D eigenvalue weighted by Crippen LogP contribution is 2.31. The van der Waals surface area contributed by atoms with Crippen molar-refractivity contribution in [1.82, 2.24) is 9.80 Å². The summed E-state index contributed by atoms with van der Waals surface area (Å²) in [5.41, 5.74) is 6.22. The molecule has 27 heavy (non-hydrogen) atoms. The summed E-state index contributed by atoms with van der Waals surface area (Å²) in [4.78, 5) is 10.9. The van der Waals surface area contributed by atoms with Gasteiger partial charge in [-0.1, -0.05) is 22.9 Å². The number of benzene rings is 1. The van der Waals surface area contributed by atoms with Gasteiger partial charge in [-0.05, 0) is 31.9 Å². The zero-order valence-electron chi connectivity index (χ0n) is 16.7. The van der Waals surface area contributed by atoms with E-state index in [1.54, 1.807) is 0 Å². The molecule has 1 aromatic carbocycles. The van der Waals surface area contributed by atoms with Crippen molar-refractivity contribution in [2.45, 2.75) is 27.0 Å². The number of rotatable bonds is 4. The third kappa shape index (κ3) is 4.04. The molecule has 3 aliphatic heterocycles. The molecule has 2 atom stereocenters. The smallest absolute Gasteiger partial charge is 0.191 e. The number of oxime groups is 1. The van der Waals surface area contributed by atoms with E-state index in [2.05, 4.69) is 47.9 Å². The Morgan fingerprint density at radius 2 is 1.52 bits per heavy atom. The Morgan fingerprint density at radius 3 is 2.15 bits per heavy atom. The van der Waals surface area contributed by atoms with Gasteiger partial charge < -0.3 is 14.3 Å². The third-order valence-corrected chi connectivity index (χ3v) is 5.85. The van der Waals surface area contributed by atoms with Gasteiger partial charge in [-0.15, -0.1) is 0 Å². The molecule has 0 aliphatic carbocycles. The van der Waals surface area contributed by atoms with Gasteiger partial charge in [0.15, 0.2) is 6.23 Å². The van der Waals surface area contributed by atoms with Crippen LogP contribution in [-0.2, 0) is 14.3 Å². The average Bonchev–Trinajstić information content (AvgIpc) is 3.06. The van der Waals surface area contributed by atoms with Gasteiger partial charge in [0, 0.05) is 38.3 Å². The molecule has 0 spiro atoms. The van der Waals surface area contributed by atoms with E-state index in [9.17, 15) is 0 Å². The lowest BCUT2D eigenvalue weighted by Gasteiger charge is -2.36. The van der Waals surface area contributed by atoms with Crippen molar-refractivity contribution >= 4 is 5.71 Å². The van der Waals surface area contributed by atoms with Crippen molar-refractivity contribution in [1.29, 1.82) is 0 Å². The topological polar surface area (TPSA) is 46.5 Å². The van der Waals surface area contributed by atoms with Gasteiger partial charge in [0.05, 0.1) is 38.1 Å². The first kappa shape index (κ1) is 18.9. The highest BCUT2D eigenvalue weighted by molar-refractivity contribution is 6.05. The van der Waals surface area contributed by atoms with E-state index in [4.69, 9.17) is 14.3 Å². The number of hydrogen-bond acceptors (Lipinski definition) is 6. The molecule has 2 fully saturated rings. The molecule has 0 amide bonds. The van der Waals surface area contributed by atoms with Crippen molar-refractivity contribution in [3.8, 4) is 0 Å². The van der Waals surface area contributed by atoms with Gasteiger partial charge in [0.25, 0.3) is 0 Å². The van der Waals surface area contributed by atoms with Crippen molar-refractivity contribution in [2.24, 2.45) is 11.1 Å². The van der Waals surface area contributed by atoms with Crippen molar-refractivity contribution in [2.75, 3.05) is 59.2 Å². The van der Waals surface area contributed by atoms with Crippen LogP contribution < -0.4 is 0 Å². The van der Waals surface area contributed by atoms with E-state index in [0.29, 0.717) is 0 Å². The lowest BCUT2D eigenvalue weighted by molar-refractivity contribution is -0.102. The van der Waals surface area contributed by atoms with E-state index in [1.807, 2.05) is 0 Å². The van der Waals surface area contributed by atoms with Crippen LogP contribution in [0.1, 0.15) is 22.3 Å². The fraction of sp³-hybridized carbons (Fsp3) is 0.667.